The third-order valence-corrected chi connectivity index (χ3v) is 5.67. The van der Waals surface area contributed by atoms with Crippen molar-refractivity contribution in [3.8, 4) is 11.4 Å². The number of hydrogen-bond acceptors (Lipinski definition) is 12. The maximum Gasteiger partial charge on any atom is 0.516 e. The molecule has 3 aromatic heterocycles. The number of aromatic nitrogens is 6. The summed E-state index contributed by atoms with van der Waals surface area (Å²) >= 11 is 0. The van der Waals surface area contributed by atoms with E-state index in [1.807, 2.05) is 4.90 Å². The molecule has 15 nitrogen and oxygen atoms in total. The summed E-state index contributed by atoms with van der Waals surface area (Å²) in [6.45, 7) is 2.62. The predicted molar refractivity (Wildman–Crippen MR) is 125 cm³/mol. The molecule has 3 aromatic rings. The third kappa shape index (κ3) is 6.58. The van der Waals surface area contributed by atoms with E-state index in [1.54, 1.807) is 10.9 Å². The molecule has 4 N–H and O–H groups in total. The van der Waals surface area contributed by atoms with Gasteiger partial charge in [0.2, 0.25) is 5.95 Å². The number of halogens is 3. The molecule has 2 aliphatic rings. The van der Waals surface area contributed by atoms with Crippen LogP contribution in [0.15, 0.2) is 12.5 Å². The SMILES string of the molecule is Nc1ncc(-c2nc(N3CCOCC3)c3ncn(C4CCCCO4)c3n2)c(C(F)(F)F)n1.O=C(O)OC(=O)O. The van der Waals surface area contributed by atoms with Gasteiger partial charge < -0.3 is 35.1 Å². The minimum absolute atomic E-state index is 0.149. The maximum absolute atomic E-state index is 13.7. The Bertz CT molecular complexity index is 1330. The van der Waals surface area contributed by atoms with Crippen LogP contribution in [0, 0.1) is 0 Å². The van der Waals surface area contributed by atoms with Crippen molar-refractivity contribution in [2.45, 2.75) is 31.7 Å². The van der Waals surface area contributed by atoms with Gasteiger partial charge in [0.1, 0.15) is 6.23 Å². The van der Waals surface area contributed by atoms with Gasteiger partial charge in [0.25, 0.3) is 0 Å². The Balaban J connectivity index is 0.000000448. The Kier molecular flexibility index (Phi) is 8.24. The van der Waals surface area contributed by atoms with Gasteiger partial charge in [-0.3, -0.25) is 4.57 Å². The number of hydrogen-bond donors (Lipinski definition) is 3. The second-order valence-electron chi connectivity index (χ2n) is 8.24. The van der Waals surface area contributed by atoms with Gasteiger partial charge in [-0.05, 0) is 19.3 Å². The van der Waals surface area contributed by atoms with E-state index in [4.69, 9.17) is 25.4 Å². The topological polar surface area (TPSA) is 201 Å². The van der Waals surface area contributed by atoms with Crippen LogP contribution in [-0.4, -0.2) is 84.9 Å². The van der Waals surface area contributed by atoms with Crippen molar-refractivity contribution in [2.75, 3.05) is 43.5 Å². The summed E-state index contributed by atoms with van der Waals surface area (Å²) in [6.07, 6.45) is -3.37. The fourth-order valence-corrected chi connectivity index (χ4v) is 4.02. The second-order valence-corrected chi connectivity index (χ2v) is 8.24. The molecular formula is C21H23F3N8O7. The van der Waals surface area contributed by atoms with Gasteiger partial charge in [0.15, 0.2) is 28.5 Å². The molecule has 2 fully saturated rings. The first-order chi connectivity index (χ1) is 18.5. The number of imidazole rings is 1. The Hall–Kier alpha value is -4.32. The summed E-state index contributed by atoms with van der Waals surface area (Å²) in [5, 5.41) is 15.0. The molecule has 18 heteroatoms. The molecule has 5 heterocycles. The van der Waals surface area contributed by atoms with Crippen LogP contribution in [0.4, 0.5) is 34.5 Å². The molecule has 1 atom stereocenters. The molecule has 0 radical (unpaired) electrons. The zero-order valence-electron chi connectivity index (χ0n) is 20.2. The molecule has 0 amide bonds. The first-order valence-corrected chi connectivity index (χ1v) is 11.6. The minimum Gasteiger partial charge on any atom is -0.449 e. The number of fused-ring (bicyclic) bond motifs is 1. The van der Waals surface area contributed by atoms with Gasteiger partial charge in [0.05, 0.1) is 25.1 Å². The average molecular weight is 556 g/mol. The van der Waals surface area contributed by atoms with Gasteiger partial charge in [-0.15, -0.1) is 0 Å². The van der Waals surface area contributed by atoms with Crippen LogP contribution >= 0.6 is 0 Å². The highest BCUT2D eigenvalue weighted by molar-refractivity contribution is 5.86. The number of anilines is 2. The molecule has 2 aliphatic heterocycles. The minimum atomic E-state index is -4.75. The van der Waals surface area contributed by atoms with Gasteiger partial charge >= 0.3 is 18.5 Å². The first kappa shape index (κ1) is 27.7. The van der Waals surface area contributed by atoms with Crippen molar-refractivity contribution in [3.63, 3.8) is 0 Å². The quantitative estimate of drug-likeness (QED) is 0.314. The summed E-state index contributed by atoms with van der Waals surface area (Å²) < 4.78 is 57.3. The zero-order chi connectivity index (χ0) is 28.2. The van der Waals surface area contributed by atoms with Crippen LogP contribution in [0.5, 0.6) is 0 Å². The molecule has 5 rings (SSSR count). The lowest BCUT2D eigenvalue weighted by Gasteiger charge is -2.28. The van der Waals surface area contributed by atoms with E-state index in [-0.39, 0.29) is 17.6 Å². The van der Waals surface area contributed by atoms with E-state index in [1.165, 1.54) is 0 Å². The van der Waals surface area contributed by atoms with Gasteiger partial charge in [0, 0.05) is 25.9 Å². The Labute approximate surface area is 217 Å². The van der Waals surface area contributed by atoms with Gasteiger partial charge in [-0.25, -0.2) is 34.5 Å². The highest BCUT2D eigenvalue weighted by Gasteiger charge is 2.38. The molecule has 0 aliphatic carbocycles. The maximum atomic E-state index is 13.7. The lowest BCUT2D eigenvalue weighted by atomic mass is 10.2. The Morgan fingerprint density at radius 2 is 1.77 bits per heavy atom. The fourth-order valence-electron chi connectivity index (χ4n) is 4.02. The summed E-state index contributed by atoms with van der Waals surface area (Å²) in [5.74, 6) is -0.187. The van der Waals surface area contributed by atoms with Crippen LogP contribution in [0.1, 0.15) is 31.2 Å². The van der Waals surface area contributed by atoms with Crippen molar-refractivity contribution < 1.29 is 47.2 Å². The van der Waals surface area contributed by atoms with E-state index < -0.39 is 30.1 Å². The zero-order valence-corrected chi connectivity index (χ0v) is 20.2. The van der Waals surface area contributed by atoms with E-state index in [0.29, 0.717) is 49.9 Å². The molecule has 0 bridgehead atoms. The van der Waals surface area contributed by atoms with Crippen molar-refractivity contribution in [2.24, 2.45) is 0 Å². The summed E-state index contributed by atoms with van der Waals surface area (Å²) in [7, 11) is 0. The molecule has 0 spiro atoms. The number of ether oxygens (including phenoxy) is 3. The molecule has 39 heavy (non-hydrogen) atoms. The van der Waals surface area contributed by atoms with Crippen LogP contribution < -0.4 is 10.6 Å². The highest BCUT2D eigenvalue weighted by Crippen LogP contribution is 2.37. The van der Waals surface area contributed by atoms with Gasteiger partial charge in [-0.2, -0.15) is 13.2 Å². The van der Waals surface area contributed by atoms with Crippen LogP contribution in [0.2, 0.25) is 0 Å². The number of alkyl halides is 3. The van der Waals surface area contributed by atoms with Crippen LogP contribution in [0.3, 0.4) is 0 Å². The number of nitrogens with zero attached hydrogens (tertiary/aromatic N) is 7. The molecule has 0 saturated carbocycles. The molecule has 210 valence electrons. The monoisotopic (exact) mass is 556 g/mol. The predicted octanol–water partition coefficient (Wildman–Crippen LogP) is 2.78. The smallest absolute Gasteiger partial charge is 0.449 e. The first-order valence-electron chi connectivity index (χ1n) is 11.6. The molecule has 1 unspecified atom stereocenters. The van der Waals surface area contributed by atoms with E-state index in [9.17, 15) is 22.8 Å². The Morgan fingerprint density at radius 1 is 1.05 bits per heavy atom. The lowest BCUT2D eigenvalue weighted by Crippen LogP contribution is -2.37. The summed E-state index contributed by atoms with van der Waals surface area (Å²) in [4.78, 5) is 41.0. The number of carbonyl (C=O) groups is 2. The number of carboxylic acid groups (broad SMARTS) is 2. The van der Waals surface area contributed by atoms with E-state index in [0.717, 1.165) is 25.5 Å². The third-order valence-electron chi connectivity index (χ3n) is 5.67. The normalized spacial score (nSPS) is 17.8. The largest absolute Gasteiger partial charge is 0.516 e. The van der Waals surface area contributed by atoms with Crippen molar-refractivity contribution in [1.82, 2.24) is 29.5 Å². The number of nitrogen functional groups attached to an aromatic ring is 1. The molecule has 2 saturated heterocycles. The number of morpholine rings is 1. The summed E-state index contributed by atoms with van der Waals surface area (Å²) in [6, 6.07) is 0. The van der Waals surface area contributed by atoms with Crippen LogP contribution in [0.25, 0.3) is 22.6 Å². The highest BCUT2D eigenvalue weighted by atomic mass is 19.4. The lowest BCUT2D eigenvalue weighted by molar-refractivity contribution is -0.140. The van der Waals surface area contributed by atoms with Crippen molar-refractivity contribution >= 4 is 35.2 Å². The van der Waals surface area contributed by atoms with E-state index >= 15 is 0 Å². The van der Waals surface area contributed by atoms with Crippen LogP contribution in [-0.2, 0) is 20.4 Å². The van der Waals surface area contributed by atoms with E-state index in [2.05, 4.69) is 29.7 Å². The molecule has 0 aromatic carbocycles. The summed E-state index contributed by atoms with van der Waals surface area (Å²) in [5.41, 5.74) is 4.79. The molecular weight excluding hydrogens is 533 g/mol. The number of rotatable bonds is 3. The fraction of sp³-hybridized carbons (Fsp3) is 0.476. The second kappa shape index (κ2) is 11.6. The van der Waals surface area contributed by atoms with Crippen molar-refractivity contribution in [1.29, 1.82) is 0 Å². The Morgan fingerprint density at radius 3 is 2.36 bits per heavy atom. The number of nitrogens with two attached hydrogens (primary N) is 1. The average Bonchev–Trinajstić information content (AvgIpc) is 3.32. The van der Waals surface area contributed by atoms with Gasteiger partial charge in [-0.1, -0.05) is 0 Å². The standard InChI is InChI=1S/C19H21F3N8O2.C2H2O5/c20-19(21,22)14-11(9-24-18(23)26-14)15-27-16(29-4-7-31-8-5-29)13-17(28-15)30(10-25-13)12-3-1-2-6-32-12;3-1(4)7-2(5)6/h9-10,12H,1-8H2,(H2,23,24,26);(H,3,4)(H,5,6). The van der Waals surface area contributed by atoms with Crippen molar-refractivity contribution in [3.05, 3.63) is 18.2 Å².